The number of nitrogens with one attached hydrogen (secondary N) is 2. The Morgan fingerprint density at radius 2 is 1.93 bits per heavy atom. The second kappa shape index (κ2) is 12.1. The summed E-state index contributed by atoms with van der Waals surface area (Å²) in [6.45, 7) is 4.17. The molecule has 0 unspecified atom stereocenters. The fourth-order valence-electron chi connectivity index (χ4n) is 2.64. The summed E-state index contributed by atoms with van der Waals surface area (Å²) in [5.41, 5.74) is 1.85. The molecule has 3 aromatic rings. The van der Waals surface area contributed by atoms with Crippen LogP contribution in [0.2, 0.25) is 0 Å². The molecule has 1 aromatic heterocycles. The Bertz CT molecular complexity index is 945. The van der Waals surface area contributed by atoms with Gasteiger partial charge in [0.1, 0.15) is 30.3 Å². The maximum Gasteiger partial charge on any atom is 0.191 e. The number of hydrogen-bond donors (Lipinski definition) is 2. The average Bonchev–Trinajstić information content (AvgIpc) is 3.14. The summed E-state index contributed by atoms with van der Waals surface area (Å²) in [5.74, 6) is 2.01. The Morgan fingerprint density at radius 1 is 1.13 bits per heavy atom. The molecule has 9 heteroatoms. The van der Waals surface area contributed by atoms with E-state index in [9.17, 15) is 4.39 Å². The third-order valence-corrected chi connectivity index (χ3v) is 4.20. The van der Waals surface area contributed by atoms with E-state index in [0.717, 1.165) is 29.2 Å². The number of benzene rings is 2. The van der Waals surface area contributed by atoms with Gasteiger partial charge in [-0.05, 0) is 42.3 Å². The van der Waals surface area contributed by atoms with Crippen molar-refractivity contribution in [2.24, 2.45) is 12.0 Å². The van der Waals surface area contributed by atoms with Gasteiger partial charge in [-0.1, -0.05) is 24.3 Å². The molecule has 0 radical (unpaired) electrons. The molecule has 30 heavy (non-hydrogen) atoms. The quantitative estimate of drug-likeness (QED) is 0.269. The van der Waals surface area contributed by atoms with Crippen molar-refractivity contribution in [3.63, 3.8) is 0 Å². The van der Waals surface area contributed by atoms with Crippen LogP contribution in [0, 0.1) is 5.82 Å². The summed E-state index contributed by atoms with van der Waals surface area (Å²) >= 11 is 0. The summed E-state index contributed by atoms with van der Waals surface area (Å²) in [5, 5.41) is 10.5. The van der Waals surface area contributed by atoms with Crippen LogP contribution in [-0.4, -0.2) is 27.3 Å². The van der Waals surface area contributed by atoms with Gasteiger partial charge in [-0.15, -0.1) is 24.0 Å². The van der Waals surface area contributed by atoms with E-state index in [1.807, 2.05) is 44.3 Å². The van der Waals surface area contributed by atoms with Crippen LogP contribution in [0.1, 0.15) is 23.9 Å². The number of guanidine groups is 1. The van der Waals surface area contributed by atoms with Crippen LogP contribution in [0.15, 0.2) is 59.9 Å². The van der Waals surface area contributed by atoms with Gasteiger partial charge in [0.25, 0.3) is 0 Å². The summed E-state index contributed by atoms with van der Waals surface area (Å²) in [7, 11) is 1.85. The number of aliphatic imine (C=N–C) groups is 1. The minimum absolute atomic E-state index is 0. The Balaban J connectivity index is 0.00000320. The Labute approximate surface area is 192 Å². The first-order valence-electron chi connectivity index (χ1n) is 9.45. The second-order valence-electron chi connectivity index (χ2n) is 6.41. The molecule has 2 N–H and O–H groups in total. The van der Waals surface area contributed by atoms with Crippen molar-refractivity contribution in [3.05, 3.63) is 77.6 Å². The van der Waals surface area contributed by atoms with E-state index in [4.69, 9.17) is 4.74 Å². The van der Waals surface area contributed by atoms with E-state index < -0.39 is 0 Å². The van der Waals surface area contributed by atoms with Crippen molar-refractivity contribution in [1.82, 2.24) is 25.4 Å². The first kappa shape index (κ1) is 23.6. The maximum absolute atomic E-state index is 13.2. The second-order valence-corrected chi connectivity index (χ2v) is 6.41. The minimum Gasteiger partial charge on any atom is -0.489 e. The van der Waals surface area contributed by atoms with Crippen LogP contribution < -0.4 is 15.4 Å². The van der Waals surface area contributed by atoms with Gasteiger partial charge in [-0.25, -0.2) is 14.4 Å². The topological polar surface area (TPSA) is 76.4 Å². The number of ether oxygens (including phenoxy) is 1. The molecule has 0 saturated carbocycles. The molecule has 1 heterocycles. The van der Waals surface area contributed by atoms with Crippen molar-refractivity contribution < 1.29 is 9.13 Å². The average molecular weight is 524 g/mol. The van der Waals surface area contributed by atoms with E-state index in [1.165, 1.54) is 18.5 Å². The number of halogens is 2. The summed E-state index contributed by atoms with van der Waals surface area (Å²) in [4.78, 5) is 8.79. The SMILES string of the molecule is CCNC(=NCc1ccc(OCc2cccc(F)c2)cc1)NCc1ncnn1C.I. The van der Waals surface area contributed by atoms with Crippen LogP contribution in [0.4, 0.5) is 4.39 Å². The Hall–Kier alpha value is -2.69. The predicted octanol–water partition coefficient (Wildman–Crippen LogP) is 3.41. The largest absolute Gasteiger partial charge is 0.489 e. The Morgan fingerprint density at radius 3 is 2.60 bits per heavy atom. The number of nitrogens with zero attached hydrogens (tertiary/aromatic N) is 4. The summed E-state index contributed by atoms with van der Waals surface area (Å²) in [6, 6.07) is 14.1. The molecule has 0 amide bonds. The van der Waals surface area contributed by atoms with Crippen LogP contribution in [0.3, 0.4) is 0 Å². The lowest BCUT2D eigenvalue weighted by molar-refractivity contribution is 0.305. The number of rotatable bonds is 8. The smallest absolute Gasteiger partial charge is 0.191 e. The Kier molecular flexibility index (Phi) is 9.52. The van der Waals surface area contributed by atoms with E-state index in [2.05, 4.69) is 25.7 Å². The third-order valence-electron chi connectivity index (χ3n) is 4.20. The summed E-state index contributed by atoms with van der Waals surface area (Å²) < 4.78 is 20.7. The van der Waals surface area contributed by atoms with Crippen molar-refractivity contribution in [1.29, 1.82) is 0 Å². The highest BCUT2D eigenvalue weighted by molar-refractivity contribution is 14.0. The standard InChI is InChI=1S/C21H25FN6O.HI/c1-3-23-21(25-13-20-26-15-27-28(20)2)24-12-16-7-9-19(10-8-16)29-14-17-5-4-6-18(22)11-17;/h4-11,15H,3,12-14H2,1-2H3,(H2,23,24,25);1H. The van der Waals surface area contributed by atoms with Crippen molar-refractivity contribution in [2.75, 3.05) is 6.54 Å². The van der Waals surface area contributed by atoms with Gasteiger partial charge < -0.3 is 15.4 Å². The van der Waals surface area contributed by atoms with Gasteiger partial charge in [0.05, 0.1) is 13.1 Å². The highest BCUT2D eigenvalue weighted by atomic mass is 127. The van der Waals surface area contributed by atoms with E-state index in [1.54, 1.807) is 10.7 Å². The number of aryl methyl sites for hydroxylation is 1. The molecule has 3 rings (SSSR count). The zero-order chi connectivity index (χ0) is 20.5. The molecule has 0 aliphatic heterocycles. The molecule has 160 valence electrons. The monoisotopic (exact) mass is 524 g/mol. The lowest BCUT2D eigenvalue weighted by Crippen LogP contribution is -2.37. The fourth-order valence-corrected chi connectivity index (χ4v) is 2.64. The molecular weight excluding hydrogens is 498 g/mol. The van der Waals surface area contributed by atoms with E-state index in [-0.39, 0.29) is 29.8 Å². The molecule has 0 fully saturated rings. The maximum atomic E-state index is 13.2. The molecule has 0 aliphatic carbocycles. The van der Waals surface area contributed by atoms with Crippen molar-refractivity contribution in [2.45, 2.75) is 26.6 Å². The molecule has 0 atom stereocenters. The van der Waals surface area contributed by atoms with Crippen LogP contribution >= 0.6 is 24.0 Å². The normalized spacial score (nSPS) is 11.0. The first-order valence-corrected chi connectivity index (χ1v) is 9.45. The molecular formula is C21H26FIN6O. The van der Waals surface area contributed by atoms with Gasteiger partial charge >= 0.3 is 0 Å². The van der Waals surface area contributed by atoms with E-state index in [0.29, 0.717) is 25.7 Å². The minimum atomic E-state index is -0.261. The van der Waals surface area contributed by atoms with Crippen molar-refractivity contribution >= 4 is 29.9 Å². The molecule has 7 nitrogen and oxygen atoms in total. The van der Waals surface area contributed by atoms with E-state index >= 15 is 0 Å². The van der Waals surface area contributed by atoms with Gasteiger partial charge in [-0.2, -0.15) is 5.10 Å². The molecule has 0 bridgehead atoms. The zero-order valence-corrected chi connectivity index (χ0v) is 19.3. The van der Waals surface area contributed by atoms with Gasteiger partial charge in [-0.3, -0.25) is 4.68 Å². The van der Waals surface area contributed by atoms with Gasteiger partial charge in [0.15, 0.2) is 5.96 Å². The highest BCUT2D eigenvalue weighted by Gasteiger charge is 2.03. The lowest BCUT2D eigenvalue weighted by Gasteiger charge is -2.11. The predicted molar refractivity (Wildman–Crippen MR) is 125 cm³/mol. The number of aromatic nitrogens is 3. The third kappa shape index (κ3) is 7.29. The molecule has 2 aromatic carbocycles. The molecule has 0 spiro atoms. The lowest BCUT2D eigenvalue weighted by atomic mass is 10.2. The van der Waals surface area contributed by atoms with Gasteiger partial charge in [0, 0.05) is 13.6 Å². The number of hydrogen-bond acceptors (Lipinski definition) is 4. The summed E-state index contributed by atoms with van der Waals surface area (Å²) in [6.07, 6.45) is 1.53. The fraction of sp³-hybridized carbons (Fsp3) is 0.286. The zero-order valence-electron chi connectivity index (χ0n) is 17.0. The first-order chi connectivity index (χ1) is 14.1. The molecule has 0 aliphatic rings. The highest BCUT2D eigenvalue weighted by Crippen LogP contribution is 2.15. The van der Waals surface area contributed by atoms with Crippen LogP contribution in [-0.2, 0) is 26.7 Å². The van der Waals surface area contributed by atoms with Crippen molar-refractivity contribution in [3.8, 4) is 5.75 Å². The molecule has 0 saturated heterocycles. The van der Waals surface area contributed by atoms with Crippen LogP contribution in [0.5, 0.6) is 5.75 Å². The van der Waals surface area contributed by atoms with Gasteiger partial charge in [0.2, 0.25) is 0 Å². The van der Waals surface area contributed by atoms with Crippen LogP contribution in [0.25, 0.3) is 0 Å².